The first kappa shape index (κ1) is 9.28. The van der Waals surface area contributed by atoms with Crippen molar-refractivity contribution in [2.24, 2.45) is 5.92 Å². The van der Waals surface area contributed by atoms with Gasteiger partial charge in [0.1, 0.15) is 6.17 Å². The molecule has 0 nitrogen and oxygen atoms in total. The number of hydrogen-bond donors (Lipinski definition) is 0. The molecule has 0 aliphatic heterocycles. The van der Waals surface area contributed by atoms with Gasteiger partial charge >= 0.3 is 0 Å². The van der Waals surface area contributed by atoms with Crippen molar-refractivity contribution in [1.82, 2.24) is 0 Å². The Morgan fingerprint density at radius 1 is 1.44 bits per heavy atom. The molecule has 0 aromatic rings. The van der Waals surface area contributed by atoms with E-state index in [1.807, 2.05) is 20.1 Å². The first-order valence-electron chi connectivity index (χ1n) is 3.29. The second kappa shape index (κ2) is 5.10. The second-order valence-corrected chi connectivity index (χ2v) is 3.59. The molecule has 0 N–H and O–H groups in total. The number of halogens is 1. The van der Waals surface area contributed by atoms with E-state index in [0.717, 1.165) is 0 Å². The van der Waals surface area contributed by atoms with Gasteiger partial charge in [0.2, 0.25) is 0 Å². The third-order valence-corrected chi connectivity index (χ3v) is 1.77. The zero-order valence-electron chi connectivity index (χ0n) is 6.36. The highest BCUT2D eigenvalue weighted by Gasteiger charge is 2.06. The van der Waals surface area contributed by atoms with Crippen molar-refractivity contribution in [1.29, 1.82) is 0 Å². The average Bonchev–Trinajstić information content (AvgIpc) is 1.63. The van der Waals surface area contributed by atoms with Gasteiger partial charge in [0.25, 0.3) is 0 Å². The third kappa shape index (κ3) is 6.16. The number of hydrogen-bond acceptors (Lipinski definition) is 1. The summed E-state index contributed by atoms with van der Waals surface area (Å²) in [4.78, 5) is 0. The molecule has 0 spiro atoms. The van der Waals surface area contributed by atoms with Gasteiger partial charge < -0.3 is 0 Å². The highest BCUT2D eigenvalue weighted by Crippen LogP contribution is 2.11. The fraction of sp³-hybridized carbons (Fsp3) is 1.00. The quantitative estimate of drug-likeness (QED) is 0.594. The van der Waals surface area contributed by atoms with Crippen molar-refractivity contribution in [3.05, 3.63) is 0 Å². The lowest BCUT2D eigenvalue weighted by Gasteiger charge is -2.07. The molecule has 0 amide bonds. The molecule has 0 bridgehead atoms. The number of rotatable bonds is 4. The van der Waals surface area contributed by atoms with Gasteiger partial charge in [-0.1, -0.05) is 13.8 Å². The van der Waals surface area contributed by atoms with Gasteiger partial charge in [-0.15, -0.1) is 0 Å². The Morgan fingerprint density at radius 2 is 2.00 bits per heavy atom. The van der Waals surface area contributed by atoms with E-state index in [-0.39, 0.29) is 0 Å². The Morgan fingerprint density at radius 3 is 2.33 bits per heavy atom. The van der Waals surface area contributed by atoms with Crippen molar-refractivity contribution in [3.8, 4) is 0 Å². The van der Waals surface area contributed by atoms with Crippen molar-refractivity contribution in [2.75, 3.05) is 12.0 Å². The summed E-state index contributed by atoms with van der Waals surface area (Å²) in [7, 11) is 0. The van der Waals surface area contributed by atoms with E-state index in [1.165, 1.54) is 0 Å². The lowest BCUT2D eigenvalue weighted by molar-refractivity contribution is 0.311. The van der Waals surface area contributed by atoms with Crippen LogP contribution in [0.4, 0.5) is 4.39 Å². The maximum Gasteiger partial charge on any atom is 0.109 e. The Hall–Kier alpha value is 0.280. The molecule has 1 unspecified atom stereocenters. The molecule has 56 valence electrons. The van der Waals surface area contributed by atoms with Crippen LogP contribution < -0.4 is 0 Å². The first-order chi connectivity index (χ1) is 4.16. The van der Waals surface area contributed by atoms with Crippen molar-refractivity contribution < 1.29 is 4.39 Å². The summed E-state index contributed by atoms with van der Waals surface area (Å²) >= 11 is 1.58. The Balaban J connectivity index is 3.15. The van der Waals surface area contributed by atoms with Gasteiger partial charge in [0, 0.05) is 5.75 Å². The minimum atomic E-state index is -0.597. The molecule has 1 atom stereocenters. The van der Waals surface area contributed by atoms with Gasteiger partial charge in [-0.25, -0.2) is 4.39 Å². The van der Waals surface area contributed by atoms with Crippen LogP contribution in [0.5, 0.6) is 0 Å². The molecular formula is C7H15FS. The fourth-order valence-corrected chi connectivity index (χ4v) is 1.26. The van der Waals surface area contributed by atoms with Crippen LogP contribution in [0.1, 0.15) is 20.3 Å². The van der Waals surface area contributed by atoms with Gasteiger partial charge in [0.15, 0.2) is 0 Å². The van der Waals surface area contributed by atoms with Crippen LogP contribution in [0.2, 0.25) is 0 Å². The molecular weight excluding hydrogens is 135 g/mol. The summed E-state index contributed by atoms with van der Waals surface area (Å²) in [5.41, 5.74) is 0. The summed E-state index contributed by atoms with van der Waals surface area (Å²) in [6, 6.07) is 0. The van der Waals surface area contributed by atoms with E-state index in [2.05, 4.69) is 0 Å². The fourth-order valence-electron chi connectivity index (χ4n) is 0.760. The van der Waals surface area contributed by atoms with Crippen LogP contribution >= 0.6 is 11.8 Å². The van der Waals surface area contributed by atoms with E-state index < -0.39 is 6.17 Å². The minimum Gasteiger partial charge on any atom is -0.247 e. The molecule has 0 heterocycles. The molecule has 0 aromatic heterocycles. The van der Waals surface area contributed by atoms with E-state index in [9.17, 15) is 4.39 Å². The van der Waals surface area contributed by atoms with E-state index in [0.29, 0.717) is 18.1 Å². The molecule has 0 saturated carbocycles. The van der Waals surface area contributed by atoms with Crippen molar-refractivity contribution in [3.63, 3.8) is 0 Å². The Kier molecular flexibility index (Phi) is 5.25. The van der Waals surface area contributed by atoms with Crippen molar-refractivity contribution >= 4 is 11.8 Å². The van der Waals surface area contributed by atoms with E-state index in [1.54, 1.807) is 11.8 Å². The maximum atomic E-state index is 12.6. The average molecular weight is 150 g/mol. The summed E-state index contributed by atoms with van der Waals surface area (Å²) in [6.45, 7) is 4.10. The van der Waals surface area contributed by atoms with E-state index >= 15 is 0 Å². The molecule has 0 saturated heterocycles. The summed E-state index contributed by atoms with van der Waals surface area (Å²) < 4.78 is 12.6. The molecule has 0 aliphatic carbocycles. The highest BCUT2D eigenvalue weighted by molar-refractivity contribution is 7.98. The molecule has 9 heavy (non-hydrogen) atoms. The summed E-state index contributed by atoms with van der Waals surface area (Å²) in [5, 5.41) is 0. The van der Waals surface area contributed by atoms with Crippen LogP contribution in [0.15, 0.2) is 0 Å². The van der Waals surface area contributed by atoms with Crippen LogP contribution in [0, 0.1) is 5.92 Å². The molecule has 0 fully saturated rings. The lowest BCUT2D eigenvalue weighted by Crippen LogP contribution is -2.06. The zero-order valence-corrected chi connectivity index (χ0v) is 7.17. The van der Waals surface area contributed by atoms with Crippen LogP contribution in [0.25, 0.3) is 0 Å². The normalized spacial score (nSPS) is 14.3. The predicted molar refractivity (Wildman–Crippen MR) is 42.7 cm³/mol. The monoisotopic (exact) mass is 150 g/mol. The topological polar surface area (TPSA) is 0 Å². The predicted octanol–water partition coefficient (Wildman–Crippen LogP) is 2.73. The summed E-state index contributed by atoms with van der Waals surface area (Å²) in [5.74, 6) is 1.14. The number of thioether (sulfide) groups is 1. The minimum absolute atomic E-state index is 0.493. The largest absolute Gasteiger partial charge is 0.247 e. The molecule has 0 aromatic carbocycles. The van der Waals surface area contributed by atoms with Crippen LogP contribution in [-0.4, -0.2) is 18.2 Å². The van der Waals surface area contributed by atoms with E-state index in [4.69, 9.17) is 0 Å². The van der Waals surface area contributed by atoms with Crippen LogP contribution in [-0.2, 0) is 0 Å². The number of alkyl halides is 1. The summed E-state index contributed by atoms with van der Waals surface area (Å²) in [6.07, 6.45) is 2.05. The SMILES string of the molecule is CSCC(F)CC(C)C. The van der Waals surface area contributed by atoms with Crippen LogP contribution in [0.3, 0.4) is 0 Å². The molecule has 2 heteroatoms. The Labute approximate surface area is 61.2 Å². The standard InChI is InChI=1S/C7H15FS/c1-6(2)4-7(8)5-9-3/h6-7H,4-5H2,1-3H3. The third-order valence-electron chi connectivity index (χ3n) is 1.07. The van der Waals surface area contributed by atoms with Crippen molar-refractivity contribution in [2.45, 2.75) is 26.4 Å². The van der Waals surface area contributed by atoms with Gasteiger partial charge in [-0.2, -0.15) is 11.8 Å². The second-order valence-electron chi connectivity index (χ2n) is 2.68. The molecule has 0 aliphatic rings. The Bertz CT molecular complexity index is 63.9. The maximum absolute atomic E-state index is 12.6. The van der Waals surface area contributed by atoms with Gasteiger partial charge in [-0.05, 0) is 18.6 Å². The molecule has 0 rings (SSSR count). The van der Waals surface area contributed by atoms with Gasteiger partial charge in [-0.3, -0.25) is 0 Å². The molecule has 0 radical (unpaired) electrons. The lowest BCUT2D eigenvalue weighted by atomic mass is 10.1. The van der Waals surface area contributed by atoms with Gasteiger partial charge in [0.05, 0.1) is 0 Å². The smallest absolute Gasteiger partial charge is 0.109 e. The zero-order chi connectivity index (χ0) is 7.28. The first-order valence-corrected chi connectivity index (χ1v) is 4.69. The highest BCUT2D eigenvalue weighted by atomic mass is 32.2.